The van der Waals surface area contributed by atoms with Crippen LogP contribution < -0.4 is 5.32 Å². The van der Waals surface area contributed by atoms with Gasteiger partial charge in [0.1, 0.15) is 16.5 Å². The van der Waals surface area contributed by atoms with Crippen molar-refractivity contribution in [3.05, 3.63) is 40.1 Å². The molecule has 0 saturated carbocycles. The van der Waals surface area contributed by atoms with Crippen LogP contribution in [-0.2, 0) is 0 Å². The van der Waals surface area contributed by atoms with Crippen LogP contribution in [0.4, 0.5) is 11.6 Å². The highest BCUT2D eigenvalue weighted by Gasteiger charge is 2.10. The Labute approximate surface area is 119 Å². The van der Waals surface area contributed by atoms with Crippen LogP contribution in [0.25, 0.3) is 10.2 Å². The molecule has 0 aliphatic heterocycles. The Balaban J connectivity index is 2.09. The van der Waals surface area contributed by atoms with E-state index in [2.05, 4.69) is 26.3 Å². The quantitative estimate of drug-likeness (QED) is 0.722. The molecule has 0 spiro atoms. The standard InChI is InChI=1S/C13H11ClN4S/c1-7-3-4-15-10(5-7)16-11-9-6-8(2)19-12(9)18-13(14)17-11/h3-6H,1-2H3,(H,15,16,17,18). The molecular weight excluding hydrogens is 280 g/mol. The smallest absolute Gasteiger partial charge is 0.225 e. The van der Waals surface area contributed by atoms with Crippen molar-refractivity contribution < 1.29 is 0 Å². The number of hydrogen-bond donors (Lipinski definition) is 1. The van der Waals surface area contributed by atoms with Crippen molar-refractivity contribution in [2.45, 2.75) is 13.8 Å². The van der Waals surface area contributed by atoms with Gasteiger partial charge in [0.25, 0.3) is 0 Å². The largest absolute Gasteiger partial charge is 0.324 e. The summed E-state index contributed by atoms with van der Waals surface area (Å²) in [6.45, 7) is 4.05. The fraction of sp³-hybridized carbons (Fsp3) is 0.154. The second kappa shape index (κ2) is 4.75. The van der Waals surface area contributed by atoms with Gasteiger partial charge in [-0.1, -0.05) is 0 Å². The van der Waals surface area contributed by atoms with Gasteiger partial charge in [0.2, 0.25) is 5.28 Å². The van der Waals surface area contributed by atoms with E-state index in [0.717, 1.165) is 21.6 Å². The van der Waals surface area contributed by atoms with Gasteiger partial charge >= 0.3 is 0 Å². The molecule has 0 amide bonds. The average molecular weight is 291 g/mol. The Morgan fingerprint density at radius 1 is 1.21 bits per heavy atom. The summed E-state index contributed by atoms with van der Waals surface area (Å²) in [7, 11) is 0. The monoisotopic (exact) mass is 290 g/mol. The molecule has 1 N–H and O–H groups in total. The van der Waals surface area contributed by atoms with E-state index >= 15 is 0 Å². The van der Waals surface area contributed by atoms with Crippen molar-refractivity contribution in [2.75, 3.05) is 5.32 Å². The van der Waals surface area contributed by atoms with Gasteiger partial charge in [0.05, 0.1) is 5.39 Å². The summed E-state index contributed by atoms with van der Waals surface area (Å²) >= 11 is 7.55. The minimum absolute atomic E-state index is 0.240. The molecule has 19 heavy (non-hydrogen) atoms. The molecule has 0 unspecified atom stereocenters. The Hall–Kier alpha value is -1.72. The fourth-order valence-corrected chi connectivity index (χ4v) is 2.94. The third-order valence-corrected chi connectivity index (χ3v) is 3.76. The van der Waals surface area contributed by atoms with Crippen LogP contribution in [0.5, 0.6) is 0 Å². The maximum Gasteiger partial charge on any atom is 0.225 e. The molecule has 0 saturated heterocycles. The zero-order valence-electron chi connectivity index (χ0n) is 10.4. The summed E-state index contributed by atoms with van der Waals surface area (Å²) in [5, 5.41) is 4.41. The van der Waals surface area contributed by atoms with E-state index in [9.17, 15) is 0 Å². The molecule has 0 bridgehead atoms. The minimum atomic E-state index is 0.240. The Morgan fingerprint density at radius 2 is 2.05 bits per heavy atom. The molecule has 3 aromatic heterocycles. The van der Waals surface area contributed by atoms with Crippen molar-refractivity contribution in [1.82, 2.24) is 15.0 Å². The molecule has 96 valence electrons. The van der Waals surface area contributed by atoms with Gasteiger partial charge in [-0.3, -0.25) is 0 Å². The van der Waals surface area contributed by atoms with Crippen LogP contribution in [0.1, 0.15) is 10.4 Å². The number of nitrogens with one attached hydrogen (secondary N) is 1. The van der Waals surface area contributed by atoms with Crippen LogP contribution in [0, 0.1) is 13.8 Å². The number of thiophene rings is 1. The van der Waals surface area contributed by atoms with Gasteiger partial charge < -0.3 is 5.32 Å². The molecule has 3 heterocycles. The summed E-state index contributed by atoms with van der Waals surface area (Å²) in [5.41, 5.74) is 1.13. The number of halogens is 1. The Kier molecular flexibility index (Phi) is 3.08. The molecule has 3 aromatic rings. The van der Waals surface area contributed by atoms with E-state index < -0.39 is 0 Å². The molecule has 0 aliphatic rings. The number of aryl methyl sites for hydroxylation is 2. The normalized spacial score (nSPS) is 10.9. The molecule has 6 heteroatoms. The maximum absolute atomic E-state index is 5.95. The fourth-order valence-electron chi connectivity index (χ4n) is 1.84. The second-order valence-electron chi connectivity index (χ2n) is 4.26. The van der Waals surface area contributed by atoms with Gasteiger partial charge in [0, 0.05) is 11.1 Å². The van der Waals surface area contributed by atoms with Crippen LogP contribution in [0.2, 0.25) is 5.28 Å². The maximum atomic E-state index is 5.95. The molecule has 0 fully saturated rings. The zero-order valence-corrected chi connectivity index (χ0v) is 12.0. The van der Waals surface area contributed by atoms with E-state index in [-0.39, 0.29) is 5.28 Å². The Bertz CT molecular complexity index is 753. The molecule has 0 aromatic carbocycles. The summed E-state index contributed by atoms with van der Waals surface area (Å²) in [6.07, 6.45) is 1.76. The molecular formula is C13H11ClN4S. The number of hydrogen-bond acceptors (Lipinski definition) is 5. The number of nitrogens with zero attached hydrogens (tertiary/aromatic N) is 3. The van der Waals surface area contributed by atoms with Crippen molar-refractivity contribution in [3.63, 3.8) is 0 Å². The van der Waals surface area contributed by atoms with Crippen LogP contribution in [0.3, 0.4) is 0 Å². The SMILES string of the molecule is Cc1ccnc(Nc2nc(Cl)nc3sc(C)cc23)c1. The summed E-state index contributed by atoms with van der Waals surface area (Å²) in [5.74, 6) is 1.44. The molecule has 0 atom stereocenters. The third kappa shape index (κ3) is 2.52. The lowest BCUT2D eigenvalue weighted by Crippen LogP contribution is -1.98. The lowest BCUT2D eigenvalue weighted by atomic mass is 10.3. The van der Waals surface area contributed by atoms with Crippen LogP contribution in [-0.4, -0.2) is 15.0 Å². The minimum Gasteiger partial charge on any atom is -0.324 e. The van der Waals surface area contributed by atoms with E-state index in [4.69, 9.17) is 11.6 Å². The first kappa shape index (κ1) is 12.3. The molecule has 4 nitrogen and oxygen atoms in total. The average Bonchev–Trinajstić information content (AvgIpc) is 2.69. The van der Waals surface area contributed by atoms with E-state index in [0.29, 0.717) is 5.82 Å². The topological polar surface area (TPSA) is 50.7 Å². The first-order valence-electron chi connectivity index (χ1n) is 5.75. The van der Waals surface area contributed by atoms with E-state index in [1.54, 1.807) is 17.5 Å². The second-order valence-corrected chi connectivity index (χ2v) is 5.83. The third-order valence-electron chi connectivity index (χ3n) is 2.65. The van der Waals surface area contributed by atoms with Crippen molar-refractivity contribution >= 4 is 44.8 Å². The number of fused-ring (bicyclic) bond motifs is 1. The van der Waals surface area contributed by atoms with Gasteiger partial charge in [-0.05, 0) is 49.2 Å². The predicted octanol–water partition coefficient (Wildman–Crippen LogP) is 4.10. The molecule has 3 rings (SSSR count). The van der Waals surface area contributed by atoms with Gasteiger partial charge in [0.15, 0.2) is 0 Å². The van der Waals surface area contributed by atoms with Crippen molar-refractivity contribution in [2.24, 2.45) is 0 Å². The highest BCUT2D eigenvalue weighted by Crippen LogP contribution is 2.30. The van der Waals surface area contributed by atoms with Crippen molar-refractivity contribution in [3.8, 4) is 0 Å². The van der Waals surface area contributed by atoms with E-state index in [1.807, 2.05) is 26.0 Å². The Morgan fingerprint density at radius 3 is 2.84 bits per heavy atom. The summed E-state index contributed by atoms with van der Waals surface area (Å²) in [6, 6.07) is 5.96. The molecule has 0 radical (unpaired) electrons. The van der Waals surface area contributed by atoms with Gasteiger partial charge in [-0.2, -0.15) is 4.98 Å². The van der Waals surface area contributed by atoms with Crippen LogP contribution >= 0.6 is 22.9 Å². The zero-order chi connectivity index (χ0) is 13.4. The number of rotatable bonds is 2. The summed E-state index contributed by atoms with van der Waals surface area (Å²) < 4.78 is 0. The number of aromatic nitrogens is 3. The van der Waals surface area contributed by atoms with Crippen molar-refractivity contribution in [1.29, 1.82) is 0 Å². The number of pyridine rings is 1. The summed E-state index contributed by atoms with van der Waals surface area (Å²) in [4.78, 5) is 14.8. The lowest BCUT2D eigenvalue weighted by molar-refractivity contribution is 1.20. The molecule has 0 aliphatic carbocycles. The highest BCUT2D eigenvalue weighted by atomic mass is 35.5. The first-order chi connectivity index (χ1) is 9.11. The highest BCUT2D eigenvalue weighted by molar-refractivity contribution is 7.18. The predicted molar refractivity (Wildman–Crippen MR) is 79.4 cm³/mol. The lowest BCUT2D eigenvalue weighted by Gasteiger charge is -2.06. The van der Waals surface area contributed by atoms with Gasteiger partial charge in [-0.25, -0.2) is 9.97 Å². The first-order valence-corrected chi connectivity index (χ1v) is 6.94. The van der Waals surface area contributed by atoms with E-state index in [1.165, 1.54) is 4.88 Å². The van der Waals surface area contributed by atoms with Crippen LogP contribution in [0.15, 0.2) is 24.4 Å². The van der Waals surface area contributed by atoms with Gasteiger partial charge in [-0.15, -0.1) is 11.3 Å². The number of anilines is 2.